The van der Waals surface area contributed by atoms with Gasteiger partial charge in [-0.1, -0.05) is 43.2 Å². The maximum absolute atomic E-state index is 6.23. The second-order valence-electron chi connectivity index (χ2n) is 5.96. The van der Waals surface area contributed by atoms with E-state index in [1.165, 1.54) is 16.7 Å². The van der Waals surface area contributed by atoms with Gasteiger partial charge in [0, 0.05) is 13.1 Å². The summed E-state index contributed by atoms with van der Waals surface area (Å²) in [5, 5.41) is 3.50. The standard InChI is InChI=1S/C16H25NO/c1-11(2)5-15-9-17-10-16(18-15)14-7-12(3)6-13(4)8-14/h6-8,11,15-17H,5,9-10H2,1-4H3. The van der Waals surface area contributed by atoms with Crippen molar-refractivity contribution in [1.29, 1.82) is 0 Å². The fraction of sp³-hybridized carbons (Fsp3) is 0.625. The minimum Gasteiger partial charge on any atom is -0.368 e. The Morgan fingerprint density at radius 3 is 2.44 bits per heavy atom. The molecule has 1 N–H and O–H groups in total. The van der Waals surface area contributed by atoms with Gasteiger partial charge in [0.25, 0.3) is 0 Å². The summed E-state index contributed by atoms with van der Waals surface area (Å²) in [6, 6.07) is 6.71. The van der Waals surface area contributed by atoms with Gasteiger partial charge in [0.05, 0.1) is 12.2 Å². The molecule has 1 aliphatic heterocycles. The van der Waals surface area contributed by atoms with E-state index < -0.39 is 0 Å². The Hall–Kier alpha value is -0.860. The lowest BCUT2D eigenvalue weighted by atomic mass is 10.00. The summed E-state index contributed by atoms with van der Waals surface area (Å²) >= 11 is 0. The lowest BCUT2D eigenvalue weighted by molar-refractivity contribution is -0.0474. The lowest BCUT2D eigenvalue weighted by Gasteiger charge is -2.32. The van der Waals surface area contributed by atoms with Gasteiger partial charge in [-0.15, -0.1) is 0 Å². The number of rotatable bonds is 3. The van der Waals surface area contributed by atoms with Crippen LogP contribution in [0.4, 0.5) is 0 Å². The molecule has 0 amide bonds. The van der Waals surface area contributed by atoms with Crippen LogP contribution in [0.1, 0.15) is 43.1 Å². The van der Waals surface area contributed by atoms with Gasteiger partial charge in [0.15, 0.2) is 0 Å². The summed E-state index contributed by atoms with van der Waals surface area (Å²) in [7, 11) is 0. The van der Waals surface area contributed by atoms with Crippen molar-refractivity contribution in [2.24, 2.45) is 5.92 Å². The van der Waals surface area contributed by atoms with E-state index in [0.717, 1.165) is 19.5 Å². The third-order valence-corrected chi connectivity index (χ3v) is 3.41. The van der Waals surface area contributed by atoms with Gasteiger partial charge in [0.1, 0.15) is 0 Å². The van der Waals surface area contributed by atoms with E-state index in [-0.39, 0.29) is 6.10 Å². The molecule has 0 aliphatic carbocycles. The van der Waals surface area contributed by atoms with Crippen LogP contribution in [0.25, 0.3) is 0 Å². The minimum atomic E-state index is 0.209. The average molecular weight is 247 g/mol. The number of nitrogens with one attached hydrogen (secondary N) is 1. The van der Waals surface area contributed by atoms with Crippen LogP contribution in [0.15, 0.2) is 18.2 Å². The molecule has 0 aromatic heterocycles. The number of ether oxygens (including phenoxy) is 1. The summed E-state index contributed by atoms with van der Waals surface area (Å²) in [4.78, 5) is 0. The van der Waals surface area contributed by atoms with E-state index in [2.05, 4.69) is 51.2 Å². The third kappa shape index (κ3) is 3.56. The number of benzene rings is 1. The van der Waals surface area contributed by atoms with Crippen molar-refractivity contribution in [3.8, 4) is 0 Å². The zero-order valence-corrected chi connectivity index (χ0v) is 12.0. The van der Waals surface area contributed by atoms with Gasteiger partial charge in [-0.25, -0.2) is 0 Å². The third-order valence-electron chi connectivity index (χ3n) is 3.41. The highest BCUT2D eigenvalue weighted by molar-refractivity contribution is 5.30. The Labute approximate surface area is 111 Å². The molecule has 0 spiro atoms. The van der Waals surface area contributed by atoms with Crippen molar-refractivity contribution in [3.63, 3.8) is 0 Å². The molecule has 1 aromatic carbocycles. The summed E-state index contributed by atoms with van der Waals surface area (Å²) in [6.45, 7) is 10.7. The molecular weight excluding hydrogens is 222 g/mol. The molecule has 1 saturated heterocycles. The second-order valence-corrected chi connectivity index (χ2v) is 5.96. The van der Waals surface area contributed by atoms with Crippen LogP contribution in [-0.4, -0.2) is 19.2 Å². The fourth-order valence-corrected chi connectivity index (χ4v) is 2.76. The van der Waals surface area contributed by atoms with Crippen LogP contribution < -0.4 is 5.32 Å². The van der Waals surface area contributed by atoms with Gasteiger partial charge in [0.2, 0.25) is 0 Å². The molecule has 2 rings (SSSR count). The van der Waals surface area contributed by atoms with Gasteiger partial charge < -0.3 is 10.1 Å². The van der Waals surface area contributed by atoms with Crippen molar-refractivity contribution in [2.45, 2.75) is 46.3 Å². The Bertz CT molecular complexity index is 380. The zero-order valence-electron chi connectivity index (χ0n) is 12.0. The minimum absolute atomic E-state index is 0.209. The molecule has 2 atom stereocenters. The maximum Gasteiger partial charge on any atom is 0.0953 e. The predicted octanol–water partition coefficient (Wildman–Crippen LogP) is 3.38. The molecule has 1 aliphatic rings. The number of aryl methyl sites for hydroxylation is 2. The number of hydrogen-bond donors (Lipinski definition) is 1. The monoisotopic (exact) mass is 247 g/mol. The maximum atomic E-state index is 6.23. The lowest BCUT2D eigenvalue weighted by Crippen LogP contribution is -2.41. The van der Waals surface area contributed by atoms with E-state index in [4.69, 9.17) is 4.74 Å². The fourth-order valence-electron chi connectivity index (χ4n) is 2.76. The number of hydrogen-bond acceptors (Lipinski definition) is 2. The first kappa shape index (κ1) is 13.6. The Morgan fingerprint density at radius 1 is 1.17 bits per heavy atom. The van der Waals surface area contributed by atoms with Crippen LogP contribution in [0.2, 0.25) is 0 Å². The van der Waals surface area contributed by atoms with Gasteiger partial charge in [-0.05, 0) is 31.7 Å². The second kappa shape index (κ2) is 5.85. The summed E-state index contributed by atoms with van der Waals surface area (Å²) in [5.74, 6) is 0.690. The van der Waals surface area contributed by atoms with Crippen molar-refractivity contribution in [2.75, 3.05) is 13.1 Å². The van der Waals surface area contributed by atoms with Crippen molar-refractivity contribution < 1.29 is 4.74 Å². The SMILES string of the molecule is Cc1cc(C)cc(C2CNCC(CC(C)C)O2)c1. The summed E-state index contributed by atoms with van der Waals surface area (Å²) in [6.07, 6.45) is 1.69. The molecule has 0 radical (unpaired) electrons. The average Bonchev–Trinajstić information content (AvgIpc) is 2.27. The van der Waals surface area contributed by atoms with E-state index in [9.17, 15) is 0 Å². The summed E-state index contributed by atoms with van der Waals surface area (Å²) in [5.41, 5.74) is 3.95. The predicted molar refractivity (Wildman–Crippen MR) is 75.9 cm³/mol. The quantitative estimate of drug-likeness (QED) is 0.884. The first-order valence-electron chi connectivity index (χ1n) is 6.99. The molecule has 0 saturated carbocycles. The normalized spacial score (nSPS) is 24.5. The zero-order chi connectivity index (χ0) is 13.1. The van der Waals surface area contributed by atoms with Gasteiger partial charge in [-0.3, -0.25) is 0 Å². The molecule has 1 heterocycles. The first-order chi connectivity index (χ1) is 8.54. The van der Waals surface area contributed by atoms with Crippen molar-refractivity contribution in [1.82, 2.24) is 5.32 Å². The highest BCUT2D eigenvalue weighted by Crippen LogP contribution is 2.25. The molecular formula is C16H25NO. The van der Waals surface area contributed by atoms with E-state index in [1.807, 2.05) is 0 Å². The highest BCUT2D eigenvalue weighted by atomic mass is 16.5. The van der Waals surface area contributed by atoms with Crippen LogP contribution in [0.5, 0.6) is 0 Å². The molecule has 1 fully saturated rings. The number of morpholine rings is 1. The van der Waals surface area contributed by atoms with Crippen molar-refractivity contribution in [3.05, 3.63) is 34.9 Å². The molecule has 100 valence electrons. The summed E-state index contributed by atoms with van der Waals surface area (Å²) < 4.78 is 6.23. The molecule has 2 heteroatoms. The van der Waals surface area contributed by atoms with Crippen LogP contribution >= 0.6 is 0 Å². The van der Waals surface area contributed by atoms with Gasteiger partial charge >= 0.3 is 0 Å². The topological polar surface area (TPSA) is 21.3 Å². The smallest absolute Gasteiger partial charge is 0.0953 e. The van der Waals surface area contributed by atoms with E-state index in [0.29, 0.717) is 12.0 Å². The van der Waals surface area contributed by atoms with Crippen LogP contribution in [0, 0.1) is 19.8 Å². The molecule has 1 aromatic rings. The first-order valence-corrected chi connectivity index (χ1v) is 6.99. The van der Waals surface area contributed by atoms with E-state index >= 15 is 0 Å². The Kier molecular flexibility index (Phi) is 4.41. The van der Waals surface area contributed by atoms with Crippen molar-refractivity contribution >= 4 is 0 Å². The van der Waals surface area contributed by atoms with Crippen LogP contribution in [0.3, 0.4) is 0 Å². The van der Waals surface area contributed by atoms with E-state index in [1.54, 1.807) is 0 Å². The Morgan fingerprint density at radius 2 is 1.83 bits per heavy atom. The largest absolute Gasteiger partial charge is 0.368 e. The molecule has 2 unspecified atom stereocenters. The van der Waals surface area contributed by atoms with Gasteiger partial charge in [-0.2, -0.15) is 0 Å². The molecule has 0 bridgehead atoms. The highest BCUT2D eigenvalue weighted by Gasteiger charge is 2.24. The van der Waals surface area contributed by atoms with Crippen LogP contribution in [-0.2, 0) is 4.74 Å². The Balaban J connectivity index is 2.08. The molecule has 18 heavy (non-hydrogen) atoms. The molecule has 2 nitrogen and oxygen atoms in total.